The van der Waals surface area contributed by atoms with Gasteiger partial charge in [0.25, 0.3) is 0 Å². The van der Waals surface area contributed by atoms with Gasteiger partial charge in [-0.2, -0.15) is 4.31 Å². The van der Waals surface area contributed by atoms with Crippen molar-refractivity contribution in [1.82, 2.24) is 4.31 Å². The lowest BCUT2D eigenvalue weighted by Gasteiger charge is -2.18. The molecule has 0 saturated heterocycles. The molecule has 0 amide bonds. The maximum Gasteiger partial charge on any atom is 0.363 e. The summed E-state index contributed by atoms with van der Waals surface area (Å²) in [4.78, 5) is 28.2. The minimum Gasteiger partial charge on any atom is -0.465 e. The van der Waals surface area contributed by atoms with Crippen LogP contribution < -0.4 is 0 Å². The van der Waals surface area contributed by atoms with Crippen LogP contribution in [0.1, 0.15) is 41.3 Å². The SMILES string of the molecule is CCN(CC)S(=O)(=O)c1ccc(C2=N/C(=C\c3cc(C(=O)OC)c(C)o3)C(=O)O2)cc1. The number of rotatable bonds is 7. The predicted molar refractivity (Wildman–Crippen MR) is 112 cm³/mol. The lowest BCUT2D eigenvalue weighted by atomic mass is 10.2. The highest BCUT2D eigenvalue weighted by atomic mass is 32.2. The molecule has 1 aliphatic heterocycles. The smallest absolute Gasteiger partial charge is 0.363 e. The summed E-state index contributed by atoms with van der Waals surface area (Å²) in [7, 11) is -2.33. The lowest BCUT2D eigenvalue weighted by Crippen LogP contribution is -2.30. The molecule has 10 heteroatoms. The van der Waals surface area contributed by atoms with E-state index in [9.17, 15) is 18.0 Å². The molecule has 1 aromatic heterocycles. The van der Waals surface area contributed by atoms with Crippen LogP contribution in [0.2, 0.25) is 0 Å². The molecule has 31 heavy (non-hydrogen) atoms. The van der Waals surface area contributed by atoms with Crippen molar-refractivity contribution in [3.8, 4) is 0 Å². The summed E-state index contributed by atoms with van der Waals surface area (Å²) in [5.74, 6) is -0.610. The summed E-state index contributed by atoms with van der Waals surface area (Å²) in [6.07, 6.45) is 1.36. The minimum atomic E-state index is -3.59. The first-order chi connectivity index (χ1) is 14.7. The zero-order valence-corrected chi connectivity index (χ0v) is 18.4. The van der Waals surface area contributed by atoms with Gasteiger partial charge in [-0.3, -0.25) is 0 Å². The normalized spacial score (nSPS) is 15.3. The van der Waals surface area contributed by atoms with Gasteiger partial charge in [0, 0.05) is 24.7 Å². The van der Waals surface area contributed by atoms with E-state index in [0.29, 0.717) is 24.4 Å². The van der Waals surface area contributed by atoms with Crippen molar-refractivity contribution >= 4 is 33.9 Å². The van der Waals surface area contributed by atoms with E-state index in [1.54, 1.807) is 20.8 Å². The minimum absolute atomic E-state index is 0.0139. The third kappa shape index (κ3) is 4.44. The van der Waals surface area contributed by atoms with Crippen molar-refractivity contribution in [2.75, 3.05) is 20.2 Å². The Morgan fingerprint density at radius 3 is 2.42 bits per heavy atom. The number of carbonyl (C=O) groups excluding carboxylic acids is 2. The summed E-state index contributed by atoms with van der Waals surface area (Å²) in [5.41, 5.74) is 0.677. The van der Waals surface area contributed by atoms with Crippen molar-refractivity contribution in [3.05, 3.63) is 58.7 Å². The fourth-order valence-electron chi connectivity index (χ4n) is 3.04. The van der Waals surface area contributed by atoms with Crippen molar-refractivity contribution in [2.45, 2.75) is 25.7 Å². The quantitative estimate of drug-likeness (QED) is 0.474. The first-order valence-corrected chi connectivity index (χ1v) is 11.0. The second kappa shape index (κ2) is 8.86. The molecule has 0 unspecified atom stereocenters. The summed E-state index contributed by atoms with van der Waals surface area (Å²) < 4.78 is 41.9. The number of ether oxygens (including phenoxy) is 2. The number of methoxy groups -OCH3 is 1. The number of aliphatic imine (C=N–C) groups is 1. The van der Waals surface area contributed by atoms with Crippen LogP contribution in [0.3, 0.4) is 0 Å². The highest BCUT2D eigenvalue weighted by Gasteiger charge is 2.27. The van der Waals surface area contributed by atoms with Crippen LogP contribution in [0.5, 0.6) is 0 Å². The van der Waals surface area contributed by atoms with E-state index in [-0.39, 0.29) is 27.8 Å². The molecule has 1 aromatic carbocycles. The molecular weight excluding hydrogens is 424 g/mol. The van der Waals surface area contributed by atoms with Gasteiger partial charge >= 0.3 is 11.9 Å². The zero-order valence-electron chi connectivity index (χ0n) is 17.5. The summed E-state index contributed by atoms with van der Waals surface area (Å²) >= 11 is 0. The molecule has 2 aromatic rings. The Hall–Kier alpha value is -3.24. The Labute approximate surface area is 180 Å². The molecule has 0 N–H and O–H groups in total. The van der Waals surface area contributed by atoms with Gasteiger partial charge in [-0.05, 0) is 37.3 Å². The molecule has 0 atom stereocenters. The molecule has 0 aliphatic carbocycles. The number of cyclic esters (lactones) is 1. The second-order valence-electron chi connectivity index (χ2n) is 6.56. The lowest BCUT2D eigenvalue weighted by molar-refractivity contribution is -0.129. The van der Waals surface area contributed by atoms with Crippen LogP contribution >= 0.6 is 0 Å². The van der Waals surface area contributed by atoms with E-state index in [2.05, 4.69) is 9.73 Å². The Kier molecular flexibility index (Phi) is 6.42. The van der Waals surface area contributed by atoms with E-state index in [4.69, 9.17) is 9.15 Å². The van der Waals surface area contributed by atoms with E-state index in [0.717, 1.165) is 0 Å². The molecule has 9 nitrogen and oxygen atoms in total. The molecule has 2 heterocycles. The molecule has 164 valence electrons. The first kappa shape index (κ1) is 22.4. The van der Waals surface area contributed by atoms with Gasteiger partial charge in [-0.15, -0.1) is 0 Å². The van der Waals surface area contributed by atoms with Crippen LogP contribution in [0, 0.1) is 6.92 Å². The maximum absolute atomic E-state index is 12.6. The van der Waals surface area contributed by atoms with Gasteiger partial charge in [-0.25, -0.2) is 23.0 Å². The molecule has 0 bridgehead atoms. The number of sulfonamides is 1. The summed E-state index contributed by atoms with van der Waals surface area (Å²) in [6, 6.07) is 7.39. The van der Waals surface area contributed by atoms with Crippen molar-refractivity contribution in [1.29, 1.82) is 0 Å². The number of hydrogen-bond acceptors (Lipinski definition) is 8. The third-order valence-corrected chi connectivity index (χ3v) is 6.75. The summed E-state index contributed by atoms with van der Waals surface area (Å²) in [5, 5.41) is 0. The molecule has 0 spiro atoms. The zero-order chi connectivity index (χ0) is 22.8. The van der Waals surface area contributed by atoms with E-state index < -0.39 is 22.0 Å². The fourth-order valence-corrected chi connectivity index (χ4v) is 4.50. The van der Waals surface area contributed by atoms with Gasteiger partial charge in [0.2, 0.25) is 15.9 Å². The van der Waals surface area contributed by atoms with Crippen LogP contribution in [0.15, 0.2) is 50.3 Å². The number of hydrogen-bond donors (Lipinski definition) is 0. The summed E-state index contributed by atoms with van der Waals surface area (Å²) in [6.45, 7) is 5.87. The number of furan rings is 1. The van der Waals surface area contributed by atoms with Gasteiger partial charge in [0.05, 0.1) is 12.0 Å². The highest BCUT2D eigenvalue weighted by Crippen LogP contribution is 2.23. The van der Waals surface area contributed by atoms with Crippen LogP contribution in [0.25, 0.3) is 6.08 Å². The van der Waals surface area contributed by atoms with Gasteiger partial charge in [-0.1, -0.05) is 13.8 Å². The molecular formula is C21H22N2O7S. The number of nitrogens with zero attached hydrogens (tertiary/aromatic N) is 2. The number of carbonyl (C=O) groups is 2. The van der Waals surface area contributed by atoms with Crippen LogP contribution in [-0.4, -0.2) is 50.8 Å². The van der Waals surface area contributed by atoms with Crippen molar-refractivity contribution in [3.63, 3.8) is 0 Å². The highest BCUT2D eigenvalue weighted by molar-refractivity contribution is 7.89. The van der Waals surface area contributed by atoms with Gasteiger partial charge in [0.1, 0.15) is 17.1 Å². The largest absolute Gasteiger partial charge is 0.465 e. The monoisotopic (exact) mass is 446 g/mol. The average molecular weight is 446 g/mol. The van der Waals surface area contributed by atoms with Gasteiger partial charge in [0.15, 0.2) is 5.70 Å². The second-order valence-corrected chi connectivity index (χ2v) is 8.50. The van der Waals surface area contributed by atoms with Gasteiger partial charge < -0.3 is 13.9 Å². The third-order valence-electron chi connectivity index (χ3n) is 4.69. The van der Waals surface area contributed by atoms with Crippen molar-refractivity contribution < 1.29 is 31.9 Å². The van der Waals surface area contributed by atoms with Crippen LogP contribution in [-0.2, 0) is 24.3 Å². The first-order valence-electron chi connectivity index (χ1n) is 9.53. The molecule has 3 rings (SSSR count). The Morgan fingerprint density at radius 2 is 1.84 bits per heavy atom. The average Bonchev–Trinajstić information content (AvgIpc) is 3.30. The Bertz CT molecular complexity index is 1170. The van der Waals surface area contributed by atoms with E-state index in [1.807, 2.05) is 0 Å². The molecule has 0 radical (unpaired) electrons. The number of esters is 2. The van der Waals surface area contributed by atoms with Crippen LogP contribution in [0.4, 0.5) is 0 Å². The molecule has 0 fully saturated rings. The van der Waals surface area contributed by atoms with E-state index >= 15 is 0 Å². The standard InChI is InChI=1S/C21H22N2O7S/c1-5-23(6-2)31(26,27)16-9-7-14(8-10-16)19-22-18(21(25)30-19)12-15-11-17(13(3)29-15)20(24)28-4/h7-12H,5-6H2,1-4H3/b18-12-. The van der Waals surface area contributed by atoms with Crippen molar-refractivity contribution in [2.24, 2.45) is 4.99 Å². The Balaban J connectivity index is 1.87. The van der Waals surface area contributed by atoms with E-state index in [1.165, 1.54) is 47.8 Å². The molecule has 1 aliphatic rings. The topological polar surface area (TPSA) is 115 Å². The number of benzene rings is 1. The predicted octanol–water partition coefficient (Wildman–Crippen LogP) is 2.75. The Morgan fingerprint density at radius 1 is 1.19 bits per heavy atom. The maximum atomic E-state index is 12.6. The fraction of sp³-hybridized carbons (Fsp3) is 0.286. The number of aryl methyl sites for hydroxylation is 1. The molecule has 0 saturated carbocycles.